The summed E-state index contributed by atoms with van der Waals surface area (Å²) in [5.41, 5.74) is 0.404. The topological polar surface area (TPSA) is 12.0 Å². The summed E-state index contributed by atoms with van der Waals surface area (Å²) < 4.78 is 0. The Balaban J connectivity index is 3.37. The summed E-state index contributed by atoms with van der Waals surface area (Å²) in [4.78, 5) is 3.51. The molecule has 0 aliphatic rings. The van der Waals surface area contributed by atoms with Crippen molar-refractivity contribution in [1.82, 2.24) is 4.98 Å². The molecule has 0 fully saturated rings. The molecule has 1 N–H and O–H groups in total. The molecule has 0 aliphatic heterocycles. The van der Waals surface area contributed by atoms with Crippen LogP contribution in [0.3, 0.4) is 0 Å². The summed E-state index contributed by atoms with van der Waals surface area (Å²) in [5, 5.41) is 0. The van der Waals surface area contributed by atoms with Crippen molar-refractivity contribution >= 4 is 9.68 Å². The first-order valence-electron chi connectivity index (χ1n) is 3.37. The predicted octanol–water partition coefficient (Wildman–Crippen LogP) is 0.896. The van der Waals surface area contributed by atoms with Crippen LogP contribution in [0.5, 0.6) is 0 Å². The fourth-order valence-corrected chi connectivity index (χ4v) is 1.81. The minimum Gasteiger partial charge on any atom is -0.338 e. The molecule has 0 unspecified atom stereocenters. The Kier molecular flexibility index (Phi) is 3.32. The Hall–Kier alpha value is 0.177. The zero-order chi connectivity index (χ0) is 6.62. The van der Waals surface area contributed by atoms with Gasteiger partial charge >= 0.3 is 0 Å². The molecular weight excluding hydrogens is 114 g/mol. The molecule has 0 aliphatic carbocycles. The number of nitrogens with one attached hydrogen (secondary N) is 1. The quantitative estimate of drug-likeness (QED) is 0.561. The van der Waals surface area contributed by atoms with Gasteiger partial charge in [0.2, 0.25) is 0 Å². The molecule has 1 nitrogen and oxygen atoms in total. The molecule has 0 saturated heterocycles. The van der Waals surface area contributed by atoms with Crippen molar-refractivity contribution in [3.05, 3.63) is 0 Å². The van der Waals surface area contributed by atoms with Crippen molar-refractivity contribution in [3.63, 3.8) is 0 Å². The molecular formula is C6H17NSi. The summed E-state index contributed by atoms with van der Waals surface area (Å²) in [6.07, 6.45) is 1.23. The molecule has 0 radical (unpaired) electrons. The Morgan fingerprint density at radius 1 is 1.50 bits per heavy atom. The summed E-state index contributed by atoms with van der Waals surface area (Å²) >= 11 is 0. The standard InChI is InChI=1S/C6H17NSi/c1-5-6(2,3)7-8-4/h7H,5,8H2,1-4H3. The van der Waals surface area contributed by atoms with E-state index in [0.717, 1.165) is 0 Å². The fourth-order valence-electron chi connectivity index (χ4n) is 0.604. The SMILES string of the molecule is CCC(C)(C)N[SiH2]C. The van der Waals surface area contributed by atoms with Gasteiger partial charge in [0.25, 0.3) is 0 Å². The molecule has 0 amide bonds. The van der Waals surface area contributed by atoms with E-state index in [-0.39, 0.29) is 9.68 Å². The molecule has 0 atom stereocenters. The first kappa shape index (κ1) is 8.18. The van der Waals surface area contributed by atoms with Gasteiger partial charge in [-0.25, -0.2) is 0 Å². The van der Waals surface area contributed by atoms with Crippen LogP contribution in [-0.2, 0) is 0 Å². The third kappa shape index (κ3) is 3.21. The van der Waals surface area contributed by atoms with Crippen LogP contribution in [0.2, 0.25) is 6.55 Å². The van der Waals surface area contributed by atoms with Gasteiger partial charge in [0, 0.05) is 5.54 Å². The lowest BCUT2D eigenvalue weighted by atomic mass is 10.0. The van der Waals surface area contributed by atoms with Crippen LogP contribution < -0.4 is 4.98 Å². The highest BCUT2D eigenvalue weighted by Crippen LogP contribution is 2.04. The zero-order valence-corrected chi connectivity index (χ0v) is 7.83. The van der Waals surface area contributed by atoms with Crippen molar-refractivity contribution < 1.29 is 0 Å². The van der Waals surface area contributed by atoms with Gasteiger partial charge in [-0.3, -0.25) is 0 Å². The lowest BCUT2D eigenvalue weighted by Crippen LogP contribution is -2.39. The van der Waals surface area contributed by atoms with Gasteiger partial charge in [0.15, 0.2) is 0 Å². The van der Waals surface area contributed by atoms with Crippen LogP contribution in [0, 0.1) is 0 Å². The van der Waals surface area contributed by atoms with Crippen molar-refractivity contribution in [3.8, 4) is 0 Å². The van der Waals surface area contributed by atoms with Crippen LogP contribution >= 0.6 is 0 Å². The molecule has 50 valence electrons. The van der Waals surface area contributed by atoms with Gasteiger partial charge in [-0.05, 0) is 20.3 Å². The van der Waals surface area contributed by atoms with Gasteiger partial charge in [-0.2, -0.15) is 0 Å². The lowest BCUT2D eigenvalue weighted by Gasteiger charge is -2.23. The van der Waals surface area contributed by atoms with Crippen molar-refractivity contribution in [2.24, 2.45) is 0 Å². The number of rotatable bonds is 3. The van der Waals surface area contributed by atoms with Gasteiger partial charge in [0.1, 0.15) is 0 Å². The third-order valence-corrected chi connectivity index (χ3v) is 2.85. The summed E-state index contributed by atoms with van der Waals surface area (Å²) in [6, 6.07) is 0. The van der Waals surface area contributed by atoms with Crippen LogP contribution in [0.25, 0.3) is 0 Å². The minimum absolute atomic E-state index is 0.0488. The second-order valence-electron chi connectivity index (χ2n) is 2.77. The van der Waals surface area contributed by atoms with Crippen LogP contribution in [-0.4, -0.2) is 15.2 Å². The third-order valence-electron chi connectivity index (χ3n) is 1.54. The Bertz CT molecular complexity index is 61.5. The Morgan fingerprint density at radius 2 is 2.00 bits per heavy atom. The van der Waals surface area contributed by atoms with Gasteiger partial charge in [0.05, 0.1) is 9.68 Å². The highest BCUT2D eigenvalue weighted by Gasteiger charge is 2.10. The van der Waals surface area contributed by atoms with E-state index in [4.69, 9.17) is 0 Å². The van der Waals surface area contributed by atoms with E-state index in [1.54, 1.807) is 0 Å². The average Bonchev–Trinajstić information content (AvgIpc) is 1.67. The molecule has 0 rings (SSSR count). The van der Waals surface area contributed by atoms with Gasteiger partial charge < -0.3 is 4.98 Å². The van der Waals surface area contributed by atoms with E-state index in [2.05, 4.69) is 32.3 Å². The Labute approximate surface area is 54.8 Å². The molecule has 0 heterocycles. The minimum atomic E-state index is 0.0488. The lowest BCUT2D eigenvalue weighted by molar-refractivity contribution is 0.455. The van der Waals surface area contributed by atoms with Crippen LogP contribution in [0.15, 0.2) is 0 Å². The second-order valence-corrected chi connectivity index (χ2v) is 3.83. The highest BCUT2D eigenvalue weighted by atomic mass is 28.2. The first-order valence-corrected chi connectivity index (χ1v) is 5.49. The molecule has 8 heavy (non-hydrogen) atoms. The Morgan fingerprint density at radius 3 is 2.12 bits per heavy atom. The average molecular weight is 131 g/mol. The summed E-state index contributed by atoms with van der Waals surface area (Å²) in [5.74, 6) is 0. The first-order chi connectivity index (χ1) is 3.62. The fraction of sp³-hybridized carbons (Fsp3) is 1.00. The van der Waals surface area contributed by atoms with Crippen molar-refractivity contribution in [2.75, 3.05) is 0 Å². The predicted molar refractivity (Wildman–Crippen MR) is 41.9 cm³/mol. The van der Waals surface area contributed by atoms with E-state index in [9.17, 15) is 0 Å². The second kappa shape index (κ2) is 3.25. The monoisotopic (exact) mass is 131 g/mol. The van der Waals surface area contributed by atoms with E-state index in [1.165, 1.54) is 6.42 Å². The smallest absolute Gasteiger partial charge is 0.0891 e. The summed E-state index contributed by atoms with van der Waals surface area (Å²) in [6.45, 7) is 9.00. The molecule has 2 heteroatoms. The molecule has 0 aromatic heterocycles. The van der Waals surface area contributed by atoms with Gasteiger partial charge in [-0.1, -0.05) is 13.5 Å². The highest BCUT2D eigenvalue weighted by molar-refractivity contribution is 6.30. The molecule has 0 spiro atoms. The molecule has 0 aromatic carbocycles. The van der Waals surface area contributed by atoms with Gasteiger partial charge in [-0.15, -0.1) is 0 Å². The van der Waals surface area contributed by atoms with E-state index >= 15 is 0 Å². The van der Waals surface area contributed by atoms with Crippen LogP contribution in [0.4, 0.5) is 0 Å². The molecule has 0 saturated carbocycles. The van der Waals surface area contributed by atoms with E-state index in [0.29, 0.717) is 5.54 Å². The largest absolute Gasteiger partial charge is 0.338 e. The molecule has 0 bridgehead atoms. The maximum atomic E-state index is 3.51. The zero-order valence-electron chi connectivity index (χ0n) is 6.41. The van der Waals surface area contributed by atoms with E-state index < -0.39 is 0 Å². The maximum Gasteiger partial charge on any atom is 0.0891 e. The number of hydrogen-bond acceptors (Lipinski definition) is 1. The molecule has 0 aromatic rings. The number of hydrogen-bond donors (Lipinski definition) is 1. The van der Waals surface area contributed by atoms with Crippen molar-refractivity contribution in [2.45, 2.75) is 39.3 Å². The van der Waals surface area contributed by atoms with Crippen LogP contribution in [0.1, 0.15) is 27.2 Å². The van der Waals surface area contributed by atoms with E-state index in [1.807, 2.05) is 0 Å². The maximum absolute atomic E-state index is 3.51. The summed E-state index contributed by atoms with van der Waals surface area (Å²) in [7, 11) is 0.0488. The van der Waals surface area contributed by atoms with Crippen molar-refractivity contribution in [1.29, 1.82) is 0 Å². The normalized spacial score (nSPS) is 13.5.